The van der Waals surface area contributed by atoms with E-state index in [-0.39, 0.29) is 24.2 Å². The SMILES string of the molecule is Cc1cc(C#N)nc(N2CCN(C(=O)c3ccccc3-n3nccn3)[C@H](C)CO2)n1. The van der Waals surface area contributed by atoms with E-state index in [1.54, 1.807) is 41.4 Å². The molecule has 30 heavy (non-hydrogen) atoms. The van der Waals surface area contributed by atoms with Gasteiger partial charge >= 0.3 is 0 Å². The van der Waals surface area contributed by atoms with Gasteiger partial charge in [-0.1, -0.05) is 12.1 Å². The number of para-hydroxylation sites is 1. The lowest BCUT2D eigenvalue weighted by Crippen LogP contribution is -2.41. The van der Waals surface area contributed by atoms with Gasteiger partial charge in [0.25, 0.3) is 11.9 Å². The van der Waals surface area contributed by atoms with Crippen LogP contribution in [0.4, 0.5) is 5.95 Å². The van der Waals surface area contributed by atoms with E-state index in [4.69, 9.17) is 10.1 Å². The van der Waals surface area contributed by atoms with Gasteiger partial charge in [-0.25, -0.2) is 15.0 Å². The number of benzene rings is 1. The molecule has 1 aliphatic heterocycles. The first kappa shape index (κ1) is 19.5. The minimum Gasteiger partial charge on any atom is -0.332 e. The largest absolute Gasteiger partial charge is 0.332 e. The van der Waals surface area contributed by atoms with Crippen LogP contribution in [0.1, 0.15) is 28.7 Å². The van der Waals surface area contributed by atoms with Gasteiger partial charge in [-0.05, 0) is 32.0 Å². The van der Waals surface area contributed by atoms with Gasteiger partial charge in [0.15, 0.2) is 0 Å². The Bertz CT molecular complexity index is 1090. The maximum absolute atomic E-state index is 13.4. The van der Waals surface area contributed by atoms with Gasteiger partial charge in [0.2, 0.25) is 0 Å². The Morgan fingerprint density at radius 2 is 1.97 bits per heavy atom. The van der Waals surface area contributed by atoms with Gasteiger partial charge in [-0.15, -0.1) is 0 Å². The molecule has 1 amide bonds. The molecule has 0 bridgehead atoms. The quantitative estimate of drug-likeness (QED) is 0.646. The van der Waals surface area contributed by atoms with E-state index >= 15 is 0 Å². The van der Waals surface area contributed by atoms with Gasteiger partial charge in [0, 0.05) is 12.2 Å². The van der Waals surface area contributed by atoms with Crippen LogP contribution in [0.2, 0.25) is 0 Å². The van der Waals surface area contributed by atoms with Crippen molar-refractivity contribution in [3.05, 3.63) is 59.7 Å². The molecular formula is C20H20N8O2. The lowest BCUT2D eigenvalue weighted by atomic mass is 10.1. The van der Waals surface area contributed by atoms with Crippen LogP contribution in [0.25, 0.3) is 5.69 Å². The van der Waals surface area contributed by atoms with Crippen LogP contribution in [-0.4, -0.2) is 61.5 Å². The third-order valence-corrected chi connectivity index (χ3v) is 4.76. The van der Waals surface area contributed by atoms with Crippen molar-refractivity contribution in [1.29, 1.82) is 5.26 Å². The third kappa shape index (κ3) is 3.83. The third-order valence-electron chi connectivity index (χ3n) is 4.76. The van der Waals surface area contributed by atoms with Gasteiger partial charge in [-0.2, -0.15) is 20.3 Å². The number of rotatable bonds is 3. The van der Waals surface area contributed by atoms with E-state index < -0.39 is 0 Å². The number of nitriles is 1. The number of nitrogens with zero attached hydrogens (tertiary/aromatic N) is 8. The topological polar surface area (TPSA) is 113 Å². The maximum atomic E-state index is 13.4. The molecule has 1 aliphatic rings. The summed E-state index contributed by atoms with van der Waals surface area (Å²) < 4.78 is 0. The first-order chi connectivity index (χ1) is 14.6. The van der Waals surface area contributed by atoms with Crippen molar-refractivity contribution >= 4 is 11.9 Å². The molecule has 0 saturated carbocycles. The fourth-order valence-electron chi connectivity index (χ4n) is 3.28. The van der Waals surface area contributed by atoms with Gasteiger partial charge < -0.3 is 4.90 Å². The average molecular weight is 404 g/mol. The Morgan fingerprint density at radius 3 is 2.73 bits per heavy atom. The zero-order chi connectivity index (χ0) is 21.1. The highest BCUT2D eigenvalue weighted by Gasteiger charge is 2.29. The van der Waals surface area contributed by atoms with Crippen molar-refractivity contribution in [2.45, 2.75) is 19.9 Å². The summed E-state index contributed by atoms with van der Waals surface area (Å²) in [6.45, 7) is 4.76. The first-order valence-corrected chi connectivity index (χ1v) is 9.49. The van der Waals surface area contributed by atoms with E-state index in [9.17, 15) is 4.79 Å². The second-order valence-electron chi connectivity index (χ2n) is 6.89. The Balaban J connectivity index is 1.58. The molecule has 152 valence electrons. The molecule has 0 aliphatic carbocycles. The van der Waals surface area contributed by atoms with Crippen molar-refractivity contribution in [2.24, 2.45) is 0 Å². The summed E-state index contributed by atoms with van der Waals surface area (Å²) in [6.07, 6.45) is 3.14. The molecule has 0 radical (unpaired) electrons. The fraction of sp³-hybridized carbons (Fsp3) is 0.300. The summed E-state index contributed by atoms with van der Waals surface area (Å²) in [6, 6.07) is 10.7. The molecule has 1 aromatic carbocycles. The number of hydrogen-bond acceptors (Lipinski definition) is 8. The number of carbonyl (C=O) groups excluding carboxylic acids is 1. The Hall–Kier alpha value is -3.84. The van der Waals surface area contributed by atoms with Crippen LogP contribution >= 0.6 is 0 Å². The lowest BCUT2D eigenvalue weighted by Gasteiger charge is -2.26. The van der Waals surface area contributed by atoms with E-state index in [0.717, 1.165) is 0 Å². The van der Waals surface area contributed by atoms with Crippen LogP contribution in [-0.2, 0) is 4.84 Å². The van der Waals surface area contributed by atoms with Gasteiger partial charge in [0.1, 0.15) is 11.8 Å². The zero-order valence-corrected chi connectivity index (χ0v) is 16.6. The predicted octanol–water partition coefficient (Wildman–Crippen LogP) is 1.52. The minimum atomic E-state index is -0.179. The first-order valence-electron chi connectivity index (χ1n) is 9.49. The van der Waals surface area contributed by atoms with Crippen molar-refractivity contribution in [3.63, 3.8) is 0 Å². The van der Waals surface area contributed by atoms with Crippen LogP contribution in [0.15, 0.2) is 42.7 Å². The second kappa shape index (κ2) is 8.26. The average Bonchev–Trinajstić information content (AvgIpc) is 3.22. The number of aryl methyl sites for hydroxylation is 1. The molecule has 10 nitrogen and oxygen atoms in total. The zero-order valence-electron chi connectivity index (χ0n) is 16.6. The number of aromatic nitrogens is 5. The molecule has 4 rings (SSSR count). The van der Waals surface area contributed by atoms with Gasteiger partial charge in [0.05, 0.1) is 42.8 Å². The summed E-state index contributed by atoms with van der Waals surface area (Å²) >= 11 is 0. The molecule has 0 spiro atoms. The predicted molar refractivity (Wildman–Crippen MR) is 107 cm³/mol. The molecule has 1 atom stereocenters. The Morgan fingerprint density at radius 1 is 1.20 bits per heavy atom. The number of anilines is 1. The van der Waals surface area contributed by atoms with Crippen LogP contribution in [0.5, 0.6) is 0 Å². The van der Waals surface area contributed by atoms with Crippen molar-refractivity contribution in [1.82, 2.24) is 29.9 Å². The highest BCUT2D eigenvalue weighted by molar-refractivity contribution is 5.98. The summed E-state index contributed by atoms with van der Waals surface area (Å²) in [7, 11) is 0. The normalized spacial score (nSPS) is 16.8. The molecule has 2 aromatic heterocycles. The fourth-order valence-corrected chi connectivity index (χ4v) is 3.28. The van der Waals surface area contributed by atoms with E-state index in [1.807, 2.05) is 31.2 Å². The lowest BCUT2D eigenvalue weighted by molar-refractivity contribution is 0.0597. The highest BCUT2D eigenvalue weighted by atomic mass is 16.7. The molecule has 3 aromatic rings. The Kier molecular flexibility index (Phi) is 5.36. The number of hydrogen-bond donors (Lipinski definition) is 0. The van der Waals surface area contributed by atoms with Crippen LogP contribution in [0, 0.1) is 18.3 Å². The molecular weight excluding hydrogens is 384 g/mol. The molecule has 0 unspecified atom stereocenters. The molecule has 1 saturated heterocycles. The monoisotopic (exact) mass is 404 g/mol. The Labute approximate surface area is 173 Å². The van der Waals surface area contributed by atoms with E-state index in [2.05, 4.69) is 20.2 Å². The number of amides is 1. The summed E-state index contributed by atoms with van der Waals surface area (Å²) in [5.74, 6) is 0.179. The van der Waals surface area contributed by atoms with Crippen molar-refractivity contribution in [3.8, 4) is 11.8 Å². The van der Waals surface area contributed by atoms with E-state index in [1.165, 1.54) is 4.80 Å². The smallest absolute Gasteiger partial charge is 0.256 e. The van der Waals surface area contributed by atoms with Crippen molar-refractivity contribution in [2.75, 3.05) is 24.8 Å². The summed E-state index contributed by atoms with van der Waals surface area (Å²) in [4.78, 5) is 31.0. The van der Waals surface area contributed by atoms with Crippen molar-refractivity contribution < 1.29 is 9.63 Å². The van der Waals surface area contributed by atoms with E-state index in [0.29, 0.717) is 36.0 Å². The maximum Gasteiger partial charge on any atom is 0.256 e. The van der Waals surface area contributed by atoms with Crippen LogP contribution < -0.4 is 5.06 Å². The molecule has 10 heteroatoms. The summed E-state index contributed by atoms with van der Waals surface area (Å²) in [5, 5.41) is 19.0. The number of hydroxylamine groups is 1. The minimum absolute atomic E-state index is 0.135. The molecule has 0 N–H and O–H groups in total. The standard InChI is InChI=1S/C20H20N8O2/c1-14-11-16(12-21)25-20(24-14)27-10-9-26(15(2)13-30-27)19(29)17-5-3-4-6-18(17)28-22-7-8-23-28/h3-8,11,15H,9-10,13H2,1-2H3/t15-/m1/s1. The second-order valence-corrected chi connectivity index (χ2v) is 6.89. The molecule has 3 heterocycles. The van der Waals surface area contributed by atoms with Gasteiger partial charge in [-0.3, -0.25) is 9.63 Å². The summed E-state index contributed by atoms with van der Waals surface area (Å²) in [5.41, 5.74) is 2.06. The molecule has 1 fully saturated rings. The number of carbonyl (C=O) groups is 1. The highest BCUT2D eigenvalue weighted by Crippen LogP contribution is 2.20. The van der Waals surface area contributed by atoms with Crippen LogP contribution in [0.3, 0.4) is 0 Å².